The molecule has 0 heterocycles. The van der Waals surface area contributed by atoms with Gasteiger partial charge in [-0.2, -0.15) is 0 Å². The number of benzene rings is 3. The van der Waals surface area contributed by atoms with Crippen molar-refractivity contribution in [1.82, 2.24) is 5.32 Å². The topological polar surface area (TPSA) is 75.6 Å². The Kier molecular flexibility index (Phi) is 6.54. The van der Waals surface area contributed by atoms with Crippen LogP contribution < -0.4 is 10.1 Å². The molecule has 0 aliphatic carbocycles. The number of amides is 1. The molecule has 0 aliphatic heterocycles. The normalized spacial score (nSPS) is 11.0. The highest BCUT2D eigenvalue weighted by atomic mass is 35.5. The molecule has 0 saturated heterocycles. The first-order chi connectivity index (χ1) is 13.9. The van der Waals surface area contributed by atoms with Gasteiger partial charge >= 0.3 is 5.97 Å². The van der Waals surface area contributed by atoms with Gasteiger partial charge in [-0.15, -0.1) is 0 Å². The first kappa shape index (κ1) is 20.5. The molecule has 0 atom stereocenters. The van der Waals surface area contributed by atoms with Crippen LogP contribution in [0.4, 0.5) is 0 Å². The zero-order chi connectivity index (χ0) is 20.8. The van der Waals surface area contributed by atoms with Crippen molar-refractivity contribution in [2.75, 3.05) is 0 Å². The fraction of sp³-hybridized carbons (Fsp3) is 0. The molecule has 3 aromatic rings. The molecule has 0 aromatic heterocycles. The van der Waals surface area contributed by atoms with E-state index in [1.807, 2.05) is 0 Å². The van der Waals surface area contributed by atoms with Gasteiger partial charge in [0.2, 0.25) is 0 Å². The molecule has 0 saturated carbocycles. The number of carbonyl (C=O) groups excluding carboxylic acids is 1. The summed E-state index contributed by atoms with van der Waals surface area (Å²) in [6, 6.07) is 20.0. The Morgan fingerprint density at radius 2 is 1.48 bits per heavy atom. The van der Waals surface area contributed by atoms with Crippen molar-refractivity contribution >= 4 is 41.2 Å². The summed E-state index contributed by atoms with van der Waals surface area (Å²) in [4.78, 5) is 23.7. The Balaban J connectivity index is 1.77. The summed E-state index contributed by atoms with van der Waals surface area (Å²) in [5.41, 5.74) is 0.676. The predicted octanol–water partition coefficient (Wildman–Crippen LogP) is 5.64. The van der Waals surface area contributed by atoms with E-state index in [0.717, 1.165) is 0 Å². The van der Waals surface area contributed by atoms with Crippen LogP contribution in [-0.4, -0.2) is 17.0 Å². The molecule has 29 heavy (non-hydrogen) atoms. The molecular weight excluding hydrogens is 413 g/mol. The molecule has 2 N–H and O–H groups in total. The number of carbonyl (C=O) groups is 2. The van der Waals surface area contributed by atoms with Crippen molar-refractivity contribution in [3.63, 3.8) is 0 Å². The maximum atomic E-state index is 12.2. The van der Waals surface area contributed by atoms with E-state index in [0.29, 0.717) is 32.7 Å². The standard InChI is InChI=1S/C22H15Cl2NO4/c23-17-7-4-8-18(24)20(17)29-16-11-9-14(10-12-16)13-19(22(27)28)25-21(26)15-5-2-1-3-6-15/h1-13H,(H,25,26)(H,27,28)/b19-13-. The molecule has 3 aromatic carbocycles. The number of carboxylic acids is 1. The van der Waals surface area contributed by atoms with E-state index in [4.69, 9.17) is 27.9 Å². The van der Waals surface area contributed by atoms with Crippen molar-refractivity contribution in [2.45, 2.75) is 0 Å². The lowest BCUT2D eigenvalue weighted by Gasteiger charge is -2.10. The minimum absolute atomic E-state index is 0.248. The molecule has 0 spiro atoms. The predicted molar refractivity (Wildman–Crippen MR) is 112 cm³/mol. The number of para-hydroxylation sites is 1. The molecule has 0 unspecified atom stereocenters. The maximum absolute atomic E-state index is 12.2. The number of nitrogens with one attached hydrogen (secondary N) is 1. The van der Waals surface area contributed by atoms with Crippen molar-refractivity contribution in [3.05, 3.63) is 99.7 Å². The van der Waals surface area contributed by atoms with Crippen LogP contribution >= 0.6 is 23.2 Å². The summed E-state index contributed by atoms with van der Waals surface area (Å²) in [6.07, 6.45) is 1.36. The highest BCUT2D eigenvalue weighted by Crippen LogP contribution is 2.36. The molecule has 0 bridgehead atoms. The lowest BCUT2D eigenvalue weighted by molar-refractivity contribution is -0.132. The summed E-state index contributed by atoms with van der Waals surface area (Å²) in [6.45, 7) is 0. The molecule has 0 radical (unpaired) electrons. The Morgan fingerprint density at radius 1 is 0.862 bits per heavy atom. The van der Waals surface area contributed by atoms with E-state index < -0.39 is 11.9 Å². The van der Waals surface area contributed by atoms with E-state index in [1.54, 1.807) is 72.8 Å². The number of hydrogen-bond donors (Lipinski definition) is 2. The van der Waals surface area contributed by atoms with Gasteiger partial charge in [0.1, 0.15) is 11.4 Å². The van der Waals surface area contributed by atoms with E-state index in [1.165, 1.54) is 6.08 Å². The first-order valence-electron chi connectivity index (χ1n) is 8.47. The van der Waals surface area contributed by atoms with E-state index in [2.05, 4.69) is 5.32 Å². The molecule has 1 amide bonds. The zero-order valence-electron chi connectivity index (χ0n) is 14.9. The highest BCUT2D eigenvalue weighted by molar-refractivity contribution is 6.37. The maximum Gasteiger partial charge on any atom is 0.352 e. The van der Waals surface area contributed by atoms with E-state index >= 15 is 0 Å². The molecule has 0 fully saturated rings. The Labute approximate surface area is 177 Å². The fourth-order valence-corrected chi connectivity index (χ4v) is 2.91. The smallest absolute Gasteiger partial charge is 0.352 e. The van der Waals surface area contributed by atoms with Crippen LogP contribution in [0.5, 0.6) is 11.5 Å². The number of carboxylic acid groups (broad SMARTS) is 1. The third kappa shape index (κ3) is 5.38. The molecule has 5 nitrogen and oxygen atoms in total. The van der Waals surface area contributed by atoms with Gasteiger partial charge in [0.25, 0.3) is 5.91 Å². The van der Waals surface area contributed by atoms with Crippen molar-refractivity contribution < 1.29 is 19.4 Å². The molecule has 3 rings (SSSR count). The van der Waals surface area contributed by atoms with Crippen LogP contribution in [0.1, 0.15) is 15.9 Å². The first-order valence-corrected chi connectivity index (χ1v) is 9.23. The summed E-state index contributed by atoms with van der Waals surface area (Å²) in [7, 11) is 0. The van der Waals surface area contributed by atoms with Crippen LogP contribution in [0.2, 0.25) is 10.0 Å². The third-order valence-electron chi connectivity index (χ3n) is 3.84. The number of rotatable bonds is 6. The van der Waals surface area contributed by atoms with E-state index in [9.17, 15) is 14.7 Å². The second-order valence-electron chi connectivity index (χ2n) is 5.91. The molecule has 0 aliphatic rings. The van der Waals surface area contributed by atoms with Gasteiger partial charge in [-0.05, 0) is 48.0 Å². The molecule has 146 valence electrons. The lowest BCUT2D eigenvalue weighted by atomic mass is 10.1. The summed E-state index contributed by atoms with van der Waals surface area (Å²) in [5, 5.41) is 12.6. The number of hydrogen-bond acceptors (Lipinski definition) is 3. The highest BCUT2D eigenvalue weighted by Gasteiger charge is 2.13. The number of halogens is 2. The Bertz CT molecular complexity index is 1040. The quantitative estimate of drug-likeness (QED) is 0.498. The Hall–Kier alpha value is -3.28. The second-order valence-corrected chi connectivity index (χ2v) is 6.72. The van der Waals surface area contributed by atoms with Crippen molar-refractivity contribution in [1.29, 1.82) is 0 Å². The van der Waals surface area contributed by atoms with Gasteiger partial charge < -0.3 is 15.2 Å². The fourth-order valence-electron chi connectivity index (χ4n) is 2.43. The molecular formula is C22H15Cl2NO4. The van der Waals surface area contributed by atoms with Crippen LogP contribution in [0.15, 0.2) is 78.5 Å². The van der Waals surface area contributed by atoms with Gasteiger partial charge in [0.05, 0.1) is 10.0 Å². The largest absolute Gasteiger partial charge is 0.477 e. The Morgan fingerprint density at radius 3 is 2.07 bits per heavy atom. The van der Waals surface area contributed by atoms with Crippen molar-refractivity contribution in [3.8, 4) is 11.5 Å². The number of aliphatic carboxylic acids is 1. The van der Waals surface area contributed by atoms with Crippen LogP contribution in [-0.2, 0) is 4.79 Å². The van der Waals surface area contributed by atoms with Crippen LogP contribution in [0.25, 0.3) is 6.08 Å². The minimum atomic E-state index is -1.25. The average Bonchev–Trinajstić information content (AvgIpc) is 2.72. The van der Waals surface area contributed by atoms with Crippen molar-refractivity contribution in [2.24, 2.45) is 0 Å². The monoisotopic (exact) mass is 427 g/mol. The van der Waals surface area contributed by atoms with E-state index in [-0.39, 0.29) is 5.70 Å². The van der Waals surface area contributed by atoms with Gasteiger partial charge in [-0.3, -0.25) is 4.79 Å². The van der Waals surface area contributed by atoms with Gasteiger partial charge in [0.15, 0.2) is 5.75 Å². The van der Waals surface area contributed by atoms with Gasteiger partial charge in [0, 0.05) is 5.56 Å². The average molecular weight is 428 g/mol. The lowest BCUT2D eigenvalue weighted by Crippen LogP contribution is -2.27. The third-order valence-corrected chi connectivity index (χ3v) is 4.44. The van der Waals surface area contributed by atoms with Gasteiger partial charge in [-0.25, -0.2) is 4.79 Å². The summed E-state index contributed by atoms with van der Waals surface area (Å²) >= 11 is 12.2. The second kappa shape index (κ2) is 9.28. The molecule has 7 heteroatoms. The summed E-state index contributed by atoms with van der Waals surface area (Å²) < 4.78 is 5.70. The summed E-state index contributed by atoms with van der Waals surface area (Å²) in [5.74, 6) is -0.951. The van der Waals surface area contributed by atoms with Crippen LogP contribution in [0.3, 0.4) is 0 Å². The minimum Gasteiger partial charge on any atom is -0.477 e. The number of ether oxygens (including phenoxy) is 1. The zero-order valence-corrected chi connectivity index (χ0v) is 16.4. The van der Waals surface area contributed by atoms with Gasteiger partial charge in [-0.1, -0.05) is 59.6 Å². The SMILES string of the molecule is O=C(O)/C(=C/c1ccc(Oc2c(Cl)cccc2Cl)cc1)NC(=O)c1ccccc1. The van der Waals surface area contributed by atoms with Crippen LogP contribution in [0, 0.1) is 0 Å².